The zero-order valence-corrected chi connectivity index (χ0v) is 19.7. The summed E-state index contributed by atoms with van der Waals surface area (Å²) in [4.78, 5) is 46.3. The number of H-pyrrole nitrogens is 3. The lowest BCUT2D eigenvalue weighted by atomic mass is 10.1. The van der Waals surface area contributed by atoms with Gasteiger partial charge in [0.05, 0.1) is 6.61 Å². The fraction of sp³-hybridized carbons (Fsp3) is 0.294. The summed E-state index contributed by atoms with van der Waals surface area (Å²) in [6.07, 6.45) is -3.11. The molecule has 0 radical (unpaired) electrons. The van der Waals surface area contributed by atoms with E-state index in [-0.39, 0.29) is 39.4 Å². The maximum Gasteiger partial charge on any atom is 0.348 e. The number of hydrogen-bond acceptors (Lipinski definition) is 16. The number of aliphatic hydroxyl groups is 3. The Bertz CT molecular complexity index is 1440. The van der Waals surface area contributed by atoms with Crippen molar-refractivity contribution in [2.75, 3.05) is 41.0 Å². The highest BCUT2D eigenvalue weighted by atomic mass is 32.1. The number of nitrogen functional groups attached to an aromatic ring is 6. The molecule has 0 aliphatic carbocycles. The zero-order chi connectivity index (χ0) is 28.0. The van der Waals surface area contributed by atoms with Crippen molar-refractivity contribution in [3.8, 4) is 0 Å². The van der Waals surface area contributed by atoms with Gasteiger partial charge in [-0.3, -0.25) is 24.3 Å². The molecule has 3 aromatic heterocycles. The van der Waals surface area contributed by atoms with Crippen molar-refractivity contribution in [3.63, 3.8) is 0 Å². The number of ether oxygens (including phenoxy) is 1. The lowest BCUT2D eigenvalue weighted by Gasteiger charge is -2.16. The molecule has 19 nitrogen and oxygen atoms in total. The molecule has 0 spiro atoms. The molecule has 0 aromatic carbocycles. The molecule has 4 atom stereocenters. The minimum Gasteiger partial charge on any atom is -0.394 e. The highest BCUT2D eigenvalue weighted by Crippen LogP contribution is 2.27. The van der Waals surface area contributed by atoms with Crippen molar-refractivity contribution >= 4 is 47.0 Å². The number of nitrogens with one attached hydrogen (secondary N) is 3. The molecule has 0 saturated carbocycles. The SMILES string of the molecule is Nc1nc(=O)[nH]c(N)c1N.Nc1nc(N)c(N)c(=O)[nH]1.O=c1[nH]c(=S)ccn1[C@@H]1O[C@H](CO)[C@@H](O)[C@H]1O. The van der Waals surface area contributed by atoms with Crippen LogP contribution in [0.25, 0.3) is 0 Å². The molecule has 37 heavy (non-hydrogen) atoms. The molecule has 0 bridgehead atoms. The molecular formula is C17H26N12O7S. The fourth-order valence-electron chi connectivity index (χ4n) is 2.77. The van der Waals surface area contributed by atoms with Gasteiger partial charge in [-0.2, -0.15) is 9.97 Å². The molecule has 1 aliphatic heterocycles. The molecule has 0 amide bonds. The van der Waals surface area contributed by atoms with Crippen molar-refractivity contribution in [1.29, 1.82) is 0 Å². The third kappa shape index (κ3) is 7.02. The van der Waals surface area contributed by atoms with Gasteiger partial charge in [0, 0.05) is 6.20 Å². The number of nitrogens with zero attached hydrogens (tertiary/aromatic N) is 3. The van der Waals surface area contributed by atoms with Gasteiger partial charge in [0.1, 0.15) is 40.1 Å². The molecule has 1 fully saturated rings. The van der Waals surface area contributed by atoms with E-state index in [1.807, 2.05) is 0 Å². The summed E-state index contributed by atoms with van der Waals surface area (Å²) in [5.41, 5.74) is 29.5. The number of aliphatic hydroxyl groups excluding tert-OH is 3. The first kappa shape index (κ1) is 28.7. The van der Waals surface area contributed by atoms with Crippen LogP contribution >= 0.6 is 12.2 Å². The molecule has 3 aromatic rings. The van der Waals surface area contributed by atoms with E-state index in [0.717, 1.165) is 4.57 Å². The number of anilines is 6. The monoisotopic (exact) mass is 542 g/mol. The molecule has 1 saturated heterocycles. The fourth-order valence-corrected chi connectivity index (χ4v) is 2.92. The zero-order valence-electron chi connectivity index (χ0n) is 18.9. The summed E-state index contributed by atoms with van der Waals surface area (Å²) in [6, 6.07) is 1.46. The Morgan fingerprint density at radius 1 is 0.946 bits per heavy atom. The third-order valence-corrected chi connectivity index (χ3v) is 4.91. The highest BCUT2D eigenvalue weighted by Gasteiger charge is 2.43. The Morgan fingerprint density at radius 3 is 2.08 bits per heavy atom. The van der Waals surface area contributed by atoms with Crippen molar-refractivity contribution < 1.29 is 20.1 Å². The van der Waals surface area contributed by atoms with Crippen LogP contribution in [0.5, 0.6) is 0 Å². The van der Waals surface area contributed by atoms with E-state index in [1.54, 1.807) is 0 Å². The minimum atomic E-state index is -1.28. The maximum atomic E-state index is 11.6. The summed E-state index contributed by atoms with van der Waals surface area (Å²) in [6.45, 7) is -0.438. The maximum absolute atomic E-state index is 11.6. The van der Waals surface area contributed by atoms with E-state index >= 15 is 0 Å². The van der Waals surface area contributed by atoms with Crippen molar-refractivity contribution in [2.45, 2.75) is 24.5 Å². The predicted molar refractivity (Wildman–Crippen MR) is 135 cm³/mol. The van der Waals surface area contributed by atoms with Gasteiger partial charge in [-0.1, -0.05) is 12.2 Å². The van der Waals surface area contributed by atoms with Gasteiger partial charge in [0.25, 0.3) is 5.56 Å². The molecule has 18 N–H and O–H groups in total. The van der Waals surface area contributed by atoms with Crippen LogP contribution in [-0.2, 0) is 4.74 Å². The van der Waals surface area contributed by atoms with E-state index in [4.69, 9.17) is 56.5 Å². The Kier molecular flexibility index (Phi) is 9.29. The van der Waals surface area contributed by atoms with Crippen LogP contribution in [0.4, 0.5) is 34.8 Å². The van der Waals surface area contributed by atoms with E-state index in [2.05, 4.69) is 24.9 Å². The molecule has 202 valence electrons. The standard InChI is InChI=1S/C9H12N2O5S.2C4H7N5O/c12-3-4-6(13)7(14)8(16-4)11-2-1-5(17)10-9(11)15;5-1-2(6)8-4(7)9-3(1)10;5-1-2(6)8-4(10)9-3(1)7/h1-2,4,6-8,12-14H,3H2,(H,10,15,17);2*5H2,(H5,6,7,8,9,10)/t4-,6-,7-,8-;;/m1../s1. The first-order valence-corrected chi connectivity index (χ1v) is 10.4. The molecule has 4 heterocycles. The van der Waals surface area contributed by atoms with Crippen LogP contribution in [0.1, 0.15) is 6.23 Å². The molecule has 20 heteroatoms. The van der Waals surface area contributed by atoms with E-state index in [1.165, 1.54) is 12.3 Å². The van der Waals surface area contributed by atoms with Gasteiger partial charge >= 0.3 is 11.4 Å². The van der Waals surface area contributed by atoms with Crippen LogP contribution in [0.3, 0.4) is 0 Å². The number of aromatic nitrogens is 6. The van der Waals surface area contributed by atoms with Crippen molar-refractivity contribution in [1.82, 2.24) is 29.5 Å². The van der Waals surface area contributed by atoms with E-state index < -0.39 is 48.1 Å². The highest BCUT2D eigenvalue weighted by molar-refractivity contribution is 7.71. The van der Waals surface area contributed by atoms with Gasteiger partial charge in [-0.05, 0) is 6.07 Å². The van der Waals surface area contributed by atoms with Gasteiger partial charge in [0.15, 0.2) is 17.9 Å². The average molecular weight is 543 g/mol. The summed E-state index contributed by atoms with van der Waals surface area (Å²) >= 11 is 4.77. The van der Waals surface area contributed by atoms with Crippen molar-refractivity contribution in [2.24, 2.45) is 0 Å². The van der Waals surface area contributed by atoms with E-state index in [9.17, 15) is 24.6 Å². The lowest BCUT2D eigenvalue weighted by Crippen LogP contribution is -2.35. The molecule has 0 unspecified atom stereocenters. The van der Waals surface area contributed by atoms with Crippen LogP contribution in [0.15, 0.2) is 26.6 Å². The second-order valence-electron chi connectivity index (χ2n) is 7.25. The topological polar surface area (TPSA) is 355 Å². The Hall–Kier alpha value is -4.50. The average Bonchev–Trinajstić information content (AvgIpc) is 3.10. The first-order chi connectivity index (χ1) is 17.3. The molecule has 4 rings (SSSR count). The second kappa shape index (κ2) is 12.0. The number of rotatable bonds is 2. The molecular weight excluding hydrogens is 516 g/mol. The van der Waals surface area contributed by atoms with Gasteiger partial charge in [-0.25, -0.2) is 9.59 Å². The van der Waals surface area contributed by atoms with Crippen LogP contribution in [0, 0.1) is 4.64 Å². The Morgan fingerprint density at radius 2 is 1.57 bits per heavy atom. The normalized spacial score (nSPS) is 20.3. The smallest absolute Gasteiger partial charge is 0.348 e. The van der Waals surface area contributed by atoms with Gasteiger partial charge in [-0.15, -0.1) is 0 Å². The van der Waals surface area contributed by atoms with Crippen LogP contribution in [-0.4, -0.2) is 69.7 Å². The lowest BCUT2D eigenvalue weighted by molar-refractivity contribution is -0.0550. The minimum absolute atomic E-state index is 0.0308. The molecule has 1 aliphatic rings. The quantitative estimate of drug-likeness (QED) is 0.136. The third-order valence-electron chi connectivity index (χ3n) is 4.68. The Balaban J connectivity index is 0.000000208. The van der Waals surface area contributed by atoms with Crippen molar-refractivity contribution in [3.05, 3.63) is 48.2 Å². The summed E-state index contributed by atoms with van der Waals surface area (Å²) in [5, 5.41) is 28.2. The number of hydrogen-bond donors (Lipinski definition) is 12. The second-order valence-corrected chi connectivity index (χ2v) is 7.69. The largest absolute Gasteiger partial charge is 0.394 e. The van der Waals surface area contributed by atoms with Crippen LogP contribution < -0.4 is 51.3 Å². The predicted octanol–water partition coefficient (Wildman–Crippen LogP) is -4.45. The first-order valence-electron chi connectivity index (χ1n) is 10.0. The van der Waals surface area contributed by atoms with E-state index in [0.29, 0.717) is 0 Å². The summed E-state index contributed by atoms with van der Waals surface area (Å²) < 4.78 is 6.55. The number of aromatic amines is 3. The van der Waals surface area contributed by atoms with Crippen LogP contribution in [0.2, 0.25) is 0 Å². The summed E-state index contributed by atoms with van der Waals surface area (Å²) in [5.74, 6) is -0.0586. The number of nitrogens with two attached hydrogens (primary N) is 6. The van der Waals surface area contributed by atoms with Gasteiger partial charge < -0.3 is 54.5 Å². The Labute approximate surface area is 210 Å². The van der Waals surface area contributed by atoms with Gasteiger partial charge in [0.2, 0.25) is 5.95 Å². The summed E-state index contributed by atoms with van der Waals surface area (Å²) in [7, 11) is 0.